The van der Waals surface area contributed by atoms with Crippen LogP contribution in [0.25, 0.3) is 11.1 Å². The lowest BCUT2D eigenvalue weighted by atomic mass is 9.78. The molecule has 2 aromatic rings. The zero-order valence-corrected chi connectivity index (χ0v) is 27.0. The Morgan fingerprint density at radius 2 is 1.23 bits per heavy atom. The maximum absolute atomic E-state index is 15.6. The highest BCUT2D eigenvalue weighted by atomic mass is 19.1. The minimum atomic E-state index is -1.16. The van der Waals surface area contributed by atoms with Crippen molar-refractivity contribution < 1.29 is 23.8 Å². The molecule has 1 aliphatic rings. The van der Waals surface area contributed by atoms with Crippen LogP contribution in [0.15, 0.2) is 36.4 Å². The van der Waals surface area contributed by atoms with Crippen molar-refractivity contribution >= 4 is 5.97 Å². The van der Waals surface area contributed by atoms with Crippen molar-refractivity contribution in [3.05, 3.63) is 47.8 Å². The standard InChI is InChI=1S/C38H57FO4/c1-3-5-7-8-9-10-11-12-14-28-43-35-27-26-34(38(40)41)36(37(35)39)32-22-24-33(25-23-32)42-29-15-17-31-20-18-30(19-21-31)16-13-6-4-2/h22-27,30-31H,3-21,28-29H2,1-2H3,(H,40,41). The molecule has 0 spiro atoms. The quantitative estimate of drug-likeness (QED) is 0.137. The summed E-state index contributed by atoms with van der Waals surface area (Å²) in [4.78, 5) is 11.9. The molecule has 1 saturated carbocycles. The van der Waals surface area contributed by atoms with Gasteiger partial charge in [-0.2, -0.15) is 0 Å². The van der Waals surface area contributed by atoms with Crippen LogP contribution < -0.4 is 9.47 Å². The topological polar surface area (TPSA) is 55.8 Å². The summed E-state index contributed by atoms with van der Waals surface area (Å²) in [6, 6.07) is 9.96. The summed E-state index contributed by atoms with van der Waals surface area (Å²) >= 11 is 0. The summed E-state index contributed by atoms with van der Waals surface area (Å²) in [7, 11) is 0. The van der Waals surface area contributed by atoms with Gasteiger partial charge in [-0.15, -0.1) is 0 Å². The lowest BCUT2D eigenvalue weighted by molar-refractivity contribution is 0.0697. The smallest absolute Gasteiger partial charge is 0.336 e. The first kappa shape index (κ1) is 34.9. The van der Waals surface area contributed by atoms with Gasteiger partial charge in [-0.1, -0.05) is 129 Å². The van der Waals surface area contributed by atoms with Gasteiger partial charge in [0.25, 0.3) is 0 Å². The number of benzene rings is 2. The molecule has 0 saturated heterocycles. The van der Waals surface area contributed by atoms with Crippen LogP contribution in [0, 0.1) is 17.7 Å². The molecule has 1 fully saturated rings. The highest BCUT2D eigenvalue weighted by Crippen LogP contribution is 2.35. The average molecular weight is 597 g/mol. The Labute approximate surface area is 260 Å². The van der Waals surface area contributed by atoms with Crippen molar-refractivity contribution in [3.63, 3.8) is 0 Å². The summed E-state index contributed by atoms with van der Waals surface area (Å²) in [6.07, 6.45) is 24.0. The first-order valence-electron chi connectivity index (χ1n) is 17.4. The summed E-state index contributed by atoms with van der Waals surface area (Å²) in [5.74, 6) is 0.809. The van der Waals surface area contributed by atoms with Crippen molar-refractivity contribution in [2.45, 2.75) is 136 Å². The second kappa shape index (κ2) is 20.4. The van der Waals surface area contributed by atoms with Crippen LogP contribution in [0.2, 0.25) is 0 Å². The molecule has 0 unspecified atom stereocenters. The van der Waals surface area contributed by atoms with Gasteiger partial charge in [0.2, 0.25) is 0 Å². The fraction of sp³-hybridized carbons (Fsp3) is 0.658. The van der Waals surface area contributed by atoms with Crippen molar-refractivity contribution in [2.75, 3.05) is 13.2 Å². The Hall–Kier alpha value is -2.56. The van der Waals surface area contributed by atoms with E-state index in [1.807, 2.05) is 0 Å². The van der Waals surface area contributed by atoms with Crippen LogP contribution in [0.4, 0.5) is 4.39 Å². The van der Waals surface area contributed by atoms with Gasteiger partial charge >= 0.3 is 5.97 Å². The summed E-state index contributed by atoms with van der Waals surface area (Å²) in [5, 5.41) is 9.74. The van der Waals surface area contributed by atoms with E-state index in [0.717, 1.165) is 43.3 Å². The number of ether oxygens (including phenoxy) is 2. The fourth-order valence-electron chi connectivity index (χ4n) is 6.50. The number of carboxylic acids is 1. The van der Waals surface area contributed by atoms with Gasteiger partial charge < -0.3 is 14.6 Å². The molecule has 0 heterocycles. The molecule has 5 heteroatoms. The largest absolute Gasteiger partial charge is 0.494 e. The normalized spacial score (nSPS) is 16.7. The van der Waals surface area contributed by atoms with E-state index in [4.69, 9.17) is 9.47 Å². The first-order valence-corrected chi connectivity index (χ1v) is 17.4. The van der Waals surface area contributed by atoms with E-state index < -0.39 is 11.8 Å². The molecule has 43 heavy (non-hydrogen) atoms. The minimum absolute atomic E-state index is 0.0638. The van der Waals surface area contributed by atoms with Crippen LogP contribution in [0.5, 0.6) is 11.5 Å². The van der Waals surface area contributed by atoms with E-state index in [2.05, 4.69) is 13.8 Å². The Morgan fingerprint density at radius 1 is 0.698 bits per heavy atom. The van der Waals surface area contributed by atoms with Crippen LogP contribution >= 0.6 is 0 Å². The summed E-state index contributed by atoms with van der Waals surface area (Å²) in [6.45, 7) is 5.59. The van der Waals surface area contributed by atoms with Crippen LogP contribution in [-0.4, -0.2) is 24.3 Å². The van der Waals surface area contributed by atoms with Crippen LogP contribution in [0.3, 0.4) is 0 Å². The average Bonchev–Trinajstić information content (AvgIpc) is 3.02. The number of rotatable bonds is 22. The number of unbranched alkanes of at least 4 members (excludes halogenated alkanes) is 10. The molecule has 0 amide bonds. The number of hydrogen-bond donors (Lipinski definition) is 1. The Balaban J connectivity index is 1.43. The monoisotopic (exact) mass is 596 g/mol. The highest BCUT2D eigenvalue weighted by Gasteiger charge is 2.22. The third-order valence-electron chi connectivity index (χ3n) is 9.19. The summed E-state index contributed by atoms with van der Waals surface area (Å²) in [5.41, 5.74) is 0.502. The van der Waals surface area contributed by atoms with Gasteiger partial charge in [0.15, 0.2) is 11.6 Å². The molecule has 3 rings (SSSR count). The molecule has 4 nitrogen and oxygen atoms in total. The molecular weight excluding hydrogens is 539 g/mol. The van der Waals surface area contributed by atoms with Gasteiger partial charge in [0.05, 0.1) is 18.8 Å². The maximum Gasteiger partial charge on any atom is 0.336 e. The van der Waals surface area contributed by atoms with E-state index in [1.54, 1.807) is 24.3 Å². The fourth-order valence-corrected chi connectivity index (χ4v) is 6.50. The second-order valence-electron chi connectivity index (χ2n) is 12.7. The van der Waals surface area contributed by atoms with Gasteiger partial charge in [-0.05, 0) is 60.9 Å². The maximum atomic E-state index is 15.6. The first-order chi connectivity index (χ1) is 21.0. The lowest BCUT2D eigenvalue weighted by Crippen LogP contribution is -2.15. The number of hydrogen-bond acceptors (Lipinski definition) is 3. The number of carbonyl (C=O) groups is 1. The van der Waals surface area contributed by atoms with E-state index in [-0.39, 0.29) is 16.9 Å². The van der Waals surface area contributed by atoms with Gasteiger partial charge in [-0.3, -0.25) is 0 Å². The molecule has 0 radical (unpaired) electrons. The number of halogens is 1. The lowest BCUT2D eigenvalue weighted by Gasteiger charge is -2.28. The van der Waals surface area contributed by atoms with E-state index in [0.29, 0.717) is 18.8 Å². The number of carboxylic acid groups (broad SMARTS) is 1. The predicted molar refractivity (Wildman–Crippen MR) is 176 cm³/mol. The van der Waals surface area contributed by atoms with Crippen molar-refractivity contribution in [1.82, 2.24) is 0 Å². The highest BCUT2D eigenvalue weighted by molar-refractivity contribution is 5.96. The summed E-state index contributed by atoms with van der Waals surface area (Å²) < 4.78 is 27.3. The Bertz CT molecular complexity index is 1040. The molecule has 1 aliphatic carbocycles. The third kappa shape index (κ3) is 12.5. The SMILES string of the molecule is CCCCCCCCCCCOc1ccc(C(=O)O)c(-c2ccc(OCCCC3CCC(CCCCC)CC3)cc2)c1F. The molecule has 0 atom stereocenters. The van der Waals surface area contributed by atoms with Gasteiger partial charge in [-0.25, -0.2) is 9.18 Å². The van der Waals surface area contributed by atoms with Crippen molar-refractivity contribution in [1.29, 1.82) is 0 Å². The zero-order chi connectivity index (χ0) is 30.7. The second-order valence-corrected chi connectivity index (χ2v) is 12.7. The zero-order valence-electron chi connectivity index (χ0n) is 27.0. The number of aromatic carboxylic acids is 1. The van der Waals surface area contributed by atoms with E-state index >= 15 is 4.39 Å². The van der Waals surface area contributed by atoms with Crippen LogP contribution in [0.1, 0.15) is 146 Å². The Kier molecular flexibility index (Phi) is 16.6. The predicted octanol–water partition coefficient (Wildman–Crippen LogP) is 11.6. The van der Waals surface area contributed by atoms with Crippen LogP contribution in [-0.2, 0) is 0 Å². The van der Waals surface area contributed by atoms with E-state index in [1.165, 1.54) is 108 Å². The molecule has 0 aromatic heterocycles. The van der Waals surface area contributed by atoms with Crippen molar-refractivity contribution in [2.24, 2.45) is 11.8 Å². The van der Waals surface area contributed by atoms with Gasteiger partial charge in [0, 0.05) is 5.56 Å². The molecule has 0 aliphatic heterocycles. The minimum Gasteiger partial charge on any atom is -0.494 e. The molecule has 0 bridgehead atoms. The molecular formula is C38H57FO4. The molecule has 2 aromatic carbocycles. The molecule has 240 valence electrons. The third-order valence-corrected chi connectivity index (χ3v) is 9.19. The van der Waals surface area contributed by atoms with E-state index in [9.17, 15) is 9.90 Å². The molecule has 1 N–H and O–H groups in total. The van der Waals surface area contributed by atoms with Crippen molar-refractivity contribution in [3.8, 4) is 22.6 Å². The van der Waals surface area contributed by atoms with Gasteiger partial charge in [0.1, 0.15) is 5.75 Å². The Morgan fingerprint density at radius 3 is 1.84 bits per heavy atom.